The largest absolute Gasteiger partial charge is 0.367 e. The van der Waals surface area contributed by atoms with Gasteiger partial charge < -0.3 is 4.90 Å². The second-order valence-corrected chi connectivity index (χ2v) is 5.14. The SMILES string of the molecule is Cc1ccc2c(c1)CCCN2Cc1ccccc1. The van der Waals surface area contributed by atoms with Gasteiger partial charge in [-0.2, -0.15) is 0 Å². The van der Waals surface area contributed by atoms with Crippen molar-refractivity contribution < 1.29 is 0 Å². The summed E-state index contributed by atoms with van der Waals surface area (Å²) in [7, 11) is 0. The summed E-state index contributed by atoms with van der Waals surface area (Å²) in [5.74, 6) is 0. The minimum Gasteiger partial charge on any atom is -0.367 e. The van der Waals surface area contributed by atoms with Crippen LogP contribution in [0.3, 0.4) is 0 Å². The first kappa shape index (κ1) is 11.3. The van der Waals surface area contributed by atoms with Gasteiger partial charge in [-0.05, 0) is 37.0 Å². The Balaban J connectivity index is 1.87. The lowest BCUT2D eigenvalue weighted by Crippen LogP contribution is -2.28. The van der Waals surface area contributed by atoms with E-state index < -0.39 is 0 Å². The highest BCUT2D eigenvalue weighted by Gasteiger charge is 2.16. The van der Waals surface area contributed by atoms with Gasteiger partial charge in [0.1, 0.15) is 0 Å². The number of aryl methyl sites for hydroxylation is 2. The van der Waals surface area contributed by atoms with Crippen LogP contribution >= 0.6 is 0 Å². The molecule has 0 spiro atoms. The van der Waals surface area contributed by atoms with E-state index in [2.05, 4.69) is 60.4 Å². The Morgan fingerprint density at radius 3 is 2.72 bits per heavy atom. The minimum atomic E-state index is 1.02. The molecule has 92 valence electrons. The lowest BCUT2D eigenvalue weighted by atomic mass is 9.99. The van der Waals surface area contributed by atoms with Crippen molar-refractivity contribution in [3.05, 3.63) is 65.2 Å². The van der Waals surface area contributed by atoms with E-state index >= 15 is 0 Å². The summed E-state index contributed by atoms with van der Waals surface area (Å²) in [6.07, 6.45) is 2.49. The molecular formula is C17H19N. The van der Waals surface area contributed by atoms with Crippen LogP contribution in [0.4, 0.5) is 5.69 Å². The second-order valence-electron chi connectivity index (χ2n) is 5.14. The molecule has 0 saturated carbocycles. The number of anilines is 1. The summed E-state index contributed by atoms with van der Waals surface area (Å²) in [6.45, 7) is 4.37. The average Bonchev–Trinajstić information content (AvgIpc) is 2.40. The van der Waals surface area contributed by atoms with Crippen molar-refractivity contribution in [2.24, 2.45) is 0 Å². The third-order valence-electron chi connectivity index (χ3n) is 3.67. The van der Waals surface area contributed by atoms with Gasteiger partial charge >= 0.3 is 0 Å². The molecule has 0 atom stereocenters. The maximum absolute atomic E-state index is 2.51. The van der Waals surface area contributed by atoms with E-state index in [4.69, 9.17) is 0 Å². The molecule has 1 aliphatic heterocycles. The van der Waals surface area contributed by atoms with Crippen molar-refractivity contribution in [3.8, 4) is 0 Å². The van der Waals surface area contributed by atoms with Gasteiger partial charge in [0.05, 0.1) is 0 Å². The van der Waals surface area contributed by atoms with Gasteiger partial charge in [0, 0.05) is 18.8 Å². The smallest absolute Gasteiger partial charge is 0.0429 e. The summed E-state index contributed by atoms with van der Waals surface area (Å²) >= 11 is 0. The molecule has 0 radical (unpaired) electrons. The monoisotopic (exact) mass is 237 g/mol. The van der Waals surface area contributed by atoms with E-state index in [1.165, 1.54) is 41.8 Å². The number of nitrogens with zero attached hydrogens (tertiary/aromatic N) is 1. The van der Waals surface area contributed by atoms with Crippen molar-refractivity contribution in [2.45, 2.75) is 26.3 Å². The number of hydrogen-bond donors (Lipinski definition) is 0. The number of rotatable bonds is 2. The van der Waals surface area contributed by atoms with Crippen LogP contribution < -0.4 is 4.90 Å². The first-order valence-corrected chi connectivity index (χ1v) is 6.71. The predicted octanol–water partition coefficient (Wildman–Crippen LogP) is 3.95. The average molecular weight is 237 g/mol. The van der Waals surface area contributed by atoms with E-state index in [0.717, 1.165) is 6.54 Å². The van der Waals surface area contributed by atoms with Crippen LogP contribution in [0.5, 0.6) is 0 Å². The fourth-order valence-corrected chi connectivity index (χ4v) is 2.77. The van der Waals surface area contributed by atoms with Crippen LogP contribution in [-0.2, 0) is 13.0 Å². The molecule has 1 heterocycles. The topological polar surface area (TPSA) is 3.24 Å². The predicted molar refractivity (Wildman–Crippen MR) is 77.0 cm³/mol. The molecule has 0 N–H and O–H groups in total. The van der Waals surface area contributed by atoms with Crippen LogP contribution in [0.15, 0.2) is 48.5 Å². The van der Waals surface area contributed by atoms with Crippen LogP contribution in [0.1, 0.15) is 23.1 Å². The molecule has 0 fully saturated rings. The highest BCUT2D eigenvalue weighted by molar-refractivity contribution is 5.57. The molecule has 1 aliphatic rings. The van der Waals surface area contributed by atoms with E-state index in [0.29, 0.717) is 0 Å². The fourth-order valence-electron chi connectivity index (χ4n) is 2.77. The van der Waals surface area contributed by atoms with E-state index in [1.54, 1.807) is 0 Å². The Kier molecular flexibility index (Phi) is 3.06. The third kappa shape index (κ3) is 2.26. The zero-order valence-corrected chi connectivity index (χ0v) is 10.9. The summed E-state index contributed by atoms with van der Waals surface area (Å²) in [4.78, 5) is 2.51. The van der Waals surface area contributed by atoms with E-state index in [1.807, 2.05) is 0 Å². The number of hydrogen-bond acceptors (Lipinski definition) is 1. The zero-order chi connectivity index (χ0) is 12.4. The molecule has 1 nitrogen and oxygen atoms in total. The molecule has 0 unspecified atom stereocenters. The Morgan fingerprint density at radius 2 is 1.89 bits per heavy atom. The van der Waals surface area contributed by atoms with Crippen LogP contribution in [0.25, 0.3) is 0 Å². The highest BCUT2D eigenvalue weighted by atomic mass is 15.1. The third-order valence-corrected chi connectivity index (χ3v) is 3.67. The maximum Gasteiger partial charge on any atom is 0.0429 e. The number of benzene rings is 2. The minimum absolute atomic E-state index is 1.02. The molecule has 2 aromatic rings. The lowest BCUT2D eigenvalue weighted by molar-refractivity contribution is 0.691. The standard InChI is InChI=1S/C17H19N/c1-14-9-10-17-16(12-14)8-5-11-18(17)13-15-6-3-2-4-7-15/h2-4,6-7,9-10,12H,5,8,11,13H2,1H3. The molecule has 0 amide bonds. The Morgan fingerprint density at radius 1 is 1.06 bits per heavy atom. The molecule has 0 aliphatic carbocycles. The van der Waals surface area contributed by atoms with Crippen molar-refractivity contribution in [3.63, 3.8) is 0 Å². The van der Waals surface area contributed by atoms with Crippen molar-refractivity contribution >= 4 is 5.69 Å². The highest BCUT2D eigenvalue weighted by Crippen LogP contribution is 2.29. The first-order valence-electron chi connectivity index (χ1n) is 6.71. The van der Waals surface area contributed by atoms with Crippen LogP contribution in [0.2, 0.25) is 0 Å². The maximum atomic E-state index is 2.51. The Labute approximate surface area is 109 Å². The van der Waals surface area contributed by atoms with Crippen molar-refractivity contribution in [1.29, 1.82) is 0 Å². The molecule has 3 rings (SSSR count). The molecule has 0 aromatic heterocycles. The van der Waals surface area contributed by atoms with Gasteiger partial charge in [0.2, 0.25) is 0 Å². The molecule has 18 heavy (non-hydrogen) atoms. The van der Waals surface area contributed by atoms with Crippen LogP contribution in [0, 0.1) is 6.92 Å². The second kappa shape index (κ2) is 4.85. The summed E-state index contributed by atoms with van der Waals surface area (Å²) < 4.78 is 0. The normalized spacial score (nSPS) is 14.4. The fraction of sp³-hybridized carbons (Fsp3) is 0.294. The first-order chi connectivity index (χ1) is 8.83. The van der Waals surface area contributed by atoms with Gasteiger partial charge in [0.25, 0.3) is 0 Å². The van der Waals surface area contributed by atoms with Gasteiger partial charge in [-0.25, -0.2) is 0 Å². The molecular weight excluding hydrogens is 218 g/mol. The summed E-state index contributed by atoms with van der Waals surface area (Å²) in [5, 5.41) is 0. The summed E-state index contributed by atoms with van der Waals surface area (Å²) in [6, 6.07) is 17.6. The lowest BCUT2D eigenvalue weighted by Gasteiger charge is -2.31. The van der Waals surface area contributed by atoms with Crippen molar-refractivity contribution in [1.82, 2.24) is 0 Å². The zero-order valence-electron chi connectivity index (χ0n) is 10.9. The molecule has 2 aromatic carbocycles. The van der Waals surface area contributed by atoms with Crippen molar-refractivity contribution in [2.75, 3.05) is 11.4 Å². The Hall–Kier alpha value is -1.76. The van der Waals surface area contributed by atoms with Gasteiger partial charge in [-0.1, -0.05) is 48.0 Å². The summed E-state index contributed by atoms with van der Waals surface area (Å²) in [5.41, 5.74) is 5.70. The molecule has 1 heteroatoms. The number of fused-ring (bicyclic) bond motifs is 1. The quantitative estimate of drug-likeness (QED) is 0.764. The van der Waals surface area contributed by atoms with E-state index in [9.17, 15) is 0 Å². The van der Waals surface area contributed by atoms with Crippen LogP contribution in [-0.4, -0.2) is 6.54 Å². The van der Waals surface area contributed by atoms with Gasteiger partial charge in [-0.15, -0.1) is 0 Å². The van der Waals surface area contributed by atoms with Gasteiger partial charge in [0.15, 0.2) is 0 Å². The molecule has 0 saturated heterocycles. The Bertz CT molecular complexity index is 531. The van der Waals surface area contributed by atoms with Gasteiger partial charge in [-0.3, -0.25) is 0 Å². The van der Waals surface area contributed by atoms with E-state index in [-0.39, 0.29) is 0 Å². The molecule has 0 bridgehead atoms.